The second-order valence-corrected chi connectivity index (χ2v) is 10.5. The average Bonchev–Trinajstić information content (AvgIpc) is 3.38. The van der Waals surface area contributed by atoms with E-state index < -0.39 is 5.82 Å². The summed E-state index contributed by atoms with van der Waals surface area (Å²) >= 11 is 0. The van der Waals surface area contributed by atoms with Crippen molar-refractivity contribution >= 4 is 21.8 Å². The molecule has 1 aliphatic rings. The Hall–Kier alpha value is -5.71. The number of halogens is 1. The van der Waals surface area contributed by atoms with Crippen molar-refractivity contribution in [3.05, 3.63) is 150 Å². The third kappa shape index (κ3) is 4.10. The Balaban J connectivity index is 1.60. The lowest BCUT2D eigenvalue weighted by Gasteiger charge is -2.20. The second-order valence-electron chi connectivity index (χ2n) is 10.5. The first-order valence-electron chi connectivity index (χ1n) is 13.9. The molecule has 1 aliphatic carbocycles. The van der Waals surface area contributed by atoms with Gasteiger partial charge in [0.15, 0.2) is 5.82 Å². The molecule has 5 aromatic carbocycles. The van der Waals surface area contributed by atoms with Gasteiger partial charge in [-0.2, -0.15) is 10.5 Å². The summed E-state index contributed by atoms with van der Waals surface area (Å²) in [5, 5.41) is 22.3. The molecule has 4 heteroatoms. The highest BCUT2D eigenvalue weighted by molar-refractivity contribution is 6.11. The summed E-state index contributed by atoms with van der Waals surface area (Å²) in [6.45, 7) is 0. The average molecular weight is 542 g/mol. The molecule has 0 aliphatic heterocycles. The van der Waals surface area contributed by atoms with Crippen LogP contribution in [0, 0.1) is 28.5 Å². The zero-order valence-corrected chi connectivity index (χ0v) is 22.6. The molecular weight excluding hydrogens is 517 g/mol. The molecule has 0 fully saturated rings. The Morgan fingerprint density at radius 3 is 1.71 bits per heavy atom. The van der Waals surface area contributed by atoms with E-state index in [0.29, 0.717) is 17.7 Å². The maximum Gasteiger partial charge on any atom is 0.161 e. The number of nitriles is 2. The molecule has 1 atom stereocenters. The summed E-state index contributed by atoms with van der Waals surface area (Å²) in [5.74, 6) is -0.942. The summed E-state index contributed by atoms with van der Waals surface area (Å²) < 4.78 is 18.1. The number of fused-ring (bicyclic) bond motifs is 3. The molecule has 0 N–H and O–H groups in total. The minimum absolute atomic E-state index is 0.0732. The number of benzene rings is 5. The van der Waals surface area contributed by atoms with Crippen molar-refractivity contribution < 1.29 is 4.39 Å². The van der Waals surface area contributed by atoms with Gasteiger partial charge in [-0.05, 0) is 52.4 Å². The highest BCUT2D eigenvalue weighted by Gasteiger charge is 2.25. The summed E-state index contributed by atoms with van der Waals surface area (Å²) in [7, 11) is 0. The molecule has 0 bridgehead atoms. The van der Waals surface area contributed by atoms with Crippen molar-refractivity contribution in [1.82, 2.24) is 4.57 Å². The molecule has 1 unspecified atom stereocenters. The van der Waals surface area contributed by atoms with Gasteiger partial charge in [0.25, 0.3) is 0 Å². The first kappa shape index (κ1) is 25.3. The van der Waals surface area contributed by atoms with Crippen LogP contribution in [0.2, 0.25) is 0 Å². The number of hydrogen-bond acceptors (Lipinski definition) is 2. The van der Waals surface area contributed by atoms with Gasteiger partial charge in [-0.15, -0.1) is 0 Å². The number of aromatic nitrogens is 1. The van der Waals surface area contributed by atoms with Gasteiger partial charge in [0.1, 0.15) is 17.7 Å². The third-order valence-corrected chi connectivity index (χ3v) is 8.10. The molecule has 0 spiro atoms. The monoisotopic (exact) mass is 541 g/mol. The van der Waals surface area contributed by atoms with Gasteiger partial charge in [-0.1, -0.05) is 109 Å². The smallest absolute Gasteiger partial charge is 0.161 e. The Morgan fingerprint density at radius 2 is 1.21 bits per heavy atom. The first-order valence-corrected chi connectivity index (χ1v) is 13.9. The quantitative estimate of drug-likeness (QED) is 0.223. The van der Waals surface area contributed by atoms with Crippen LogP contribution in [0.4, 0.5) is 4.39 Å². The van der Waals surface area contributed by atoms with Crippen LogP contribution in [0.1, 0.15) is 29.0 Å². The summed E-state index contributed by atoms with van der Waals surface area (Å²) in [5.41, 5.74) is 6.69. The van der Waals surface area contributed by atoms with Crippen LogP contribution >= 0.6 is 0 Å². The fourth-order valence-corrected chi connectivity index (χ4v) is 6.05. The van der Waals surface area contributed by atoms with Crippen LogP contribution in [0.15, 0.2) is 127 Å². The topological polar surface area (TPSA) is 52.5 Å². The lowest BCUT2D eigenvalue weighted by Crippen LogP contribution is -2.08. The van der Waals surface area contributed by atoms with Crippen LogP contribution in [-0.4, -0.2) is 4.57 Å². The van der Waals surface area contributed by atoms with Gasteiger partial charge < -0.3 is 4.57 Å². The molecule has 6 aromatic rings. The van der Waals surface area contributed by atoms with Crippen LogP contribution in [0.3, 0.4) is 0 Å². The van der Waals surface area contributed by atoms with Crippen LogP contribution in [0.25, 0.3) is 49.7 Å². The molecule has 1 heterocycles. The lowest BCUT2D eigenvalue weighted by atomic mass is 9.87. The van der Waals surface area contributed by atoms with E-state index in [0.717, 1.165) is 44.1 Å². The Kier molecular flexibility index (Phi) is 6.23. The van der Waals surface area contributed by atoms with Crippen LogP contribution < -0.4 is 0 Å². The highest BCUT2D eigenvalue weighted by atomic mass is 19.1. The van der Waals surface area contributed by atoms with Gasteiger partial charge in [0, 0.05) is 16.7 Å². The molecule has 198 valence electrons. The zero-order valence-electron chi connectivity index (χ0n) is 22.6. The van der Waals surface area contributed by atoms with Crippen molar-refractivity contribution in [2.75, 3.05) is 0 Å². The van der Waals surface area contributed by atoms with E-state index in [2.05, 4.69) is 72.8 Å². The van der Waals surface area contributed by atoms with Gasteiger partial charge in [0.2, 0.25) is 0 Å². The normalized spacial score (nSPS) is 14.2. The highest BCUT2D eigenvalue weighted by Crippen LogP contribution is 2.40. The predicted molar refractivity (Wildman–Crippen MR) is 167 cm³/mol. The minimum atomic E-state index is -0.774. The van der Waals surface area contributed by atoms with Gasteiger partial charge >= 0.3 is 0 Å². The summed E-state index contributed by atoms with van der Waals surface area (Å²) in [6.07, 6.45) is 8.52. The molecule has 42 heavy (non-hydrogen) atoms. The molecule has 0 saturated carbocycles. The van der Waals surface area contributed by atoms with E-state index in [1.54, 1.807) is 0 Å². The number of rotatable bonds is 4. The first-order chi connectivity index (χ1) is 20.7. The fourth-order valence-electron chi connectivity index (χ4n) is 6.05. The third-order valence-electron chi connectivity index (χ3n) is 8.10. The maximum absolute atomic E-state index is 16.1. The summed E-state index contributed by atoms with van der Waals surface area (Å²) in [4.78, 5) is 0. The molecule has 7 rings (SSSR count). The molecular formula is C38H24FN3. The molecule has 0 saturated heterocycles. The fraction of sp³-hybridized carbons (Fsp3) is 0.0526. The second kappa shape index (κ2) is 10.4. The van der Waals surface area contributed by atoms with Crippen molar-refractivity contribution in [2.45, 2.75) is 12.3 Å². The Labute approximate surface area is 243 Å². The van der Waals surface area contributed by atoms with E-state index in [1.807, 2.05) is 71.3 Å². The Bertz CT molecular complexity index is 2040. The molecule has 3 nitrogen and oxygen atoms in total. The van der Waals surface area contributed by atoms with Crippen molar-refractivity contribution in [1.29, 1.82) is 10.5 Å². The van der Waals surface area contributed by atoms with E-state index in [1.165, 1.54) is 0 Å². The van der Waals surface area contributed by atoms with Crippen LogP contribution in [0.5, 0.6) is 0 Å². The predicted octanol–water partition coefficient (Wildman–Crippen LogP) is 9.60. The van der Waals surface area contributed by atoms with E-state index in [9.17, 15) is 10.5 Å². The number of nitrogens with zero attached hydrogens (tertiary/aromatic N) is 3. The van der Waals surface area contributed by atoms with E-state index in [-0.39, 0.29) is 17.0 Å². The SMILES string of the molecule is N#Cc1c(C2C=CC=CC2)cc(-n2c3cc(-c4ccccc4)ccc3c3ccc(-c4ccccc4)cc32)c(C#N)c1F. The number of allylic oxidation sites excluding steroid dienone is 4. The standard InChI is InChI=1S/C38H24FN3/c39-38-33(23-40)32(27-14-8-3-9-15-27)22-37(34(38)24-41)42-35-20-28(25-10-4-1-5-11-25)16-18-30(35)31-19-17-29(21-36(31)42)26-12-6-2-7-13-26/h1-14,16-22,27H,15H2. The largest absolute Gasteiger partial charge is 0.308 e. The van der Waals surface area contributed by atoms with Crippen molar-refractivity contribution in [3.8, 4) is 40.1 Å². The van der Waals surface area contributed by atoms with Crippen LogP contribution in [-0.2, 0) is 0 Å². The zero-order chi connectivity index (χ0) is 28.6. The maximum atomic E-state index is 16.1. The molecule has 0 radical (unpaired) electrons. The van der Waals surface area contributed by atoms with Gasteiger partial charge in [-0.3, -0.25) is 0 Å². The van der Waals surface area contributed by atoms with Crippen molar-refractivity contribution in [3.63, 3.8) is 0 Å². The molecule has 1 aromatic heterocycles. The van der Waals surface area contributed by atoms with E-state index in [4.69, 9.17) is 0 Å². The van der Waals surface area contributed by atoms with E-state index >= 15 is 4.39 Å². The minimum Gasteiger partial charge on any atom is -0.308 e. The lowest BCUT2D eigenvalue weighted by molar-refractivity contribution is 0.614. The van der Waals surface area contributed by atoms with Gasteiger partial charge in [0.05, 0.1) is 22.3 Å². The number of hydrogen-bond donors (Lipinski definition) is 0. The summed E-state index contributed by atoms with van der Waals surface area (Å²) in [6, 6.07) is 38.8. The van der Waals surface area contributed by atoms with Gasteiger partial charge in [-0.25, -0.2) is 4.39 Å². The van der Waals surface area contributed by atoms with Crippen molar-refractivity contribution in [2.24, 2.45) is 0 Å². The Morgan fingerprint density at radius 1 is 0.643 bits per heavy atom. The molecule has 0 amide bonds.